The fourth-order valence-electron chi connectivity index (χ4n) is 2.43. The predicted molar refractivity (Wildman–Crippen MR) is 99.0 cm³/mol. The molecule has 2 unspecified atom stereocenters. The molecular formula is C18H28N2O2S. The van der Waals surface area contributed by atoms with Crippen LogP contribution in [0.2, 0.25) is 0 Å². The molecule has 0 spiro atoms. The lowest BCUT2D eigenvalue weighted by molar-refractivity contribution is 0.0857. The SMILES string of the molecule is CCC(C)N(CC(O)COc1cccc2[nH]ccc12)SC(C)C. The second-order valence-electron chi connectivity index (χ2n) is 6.17. The van der Waals surface area contributed by atoms with E-state index < -0.39 is 6.10 Å². The highest BCUT2D eigenvalue weighted by atomic mass is 32.2. The van der Waals surface area contributed by atoms with E-state index >= 15 is 0 Å². The molecule has 4 nitrogen and oxygen atoms in total. The van der Waals surface area contributed by atoms with Crippen LogP contribution in [0.4, 0.5) is 0 Å². The van der Waals surface area contributed by atoms with Gasteiger partial charge in [-0.05, 0) is 31.5 Å². The molecular weight excluding hydrogens is 308 g/mol. The topological polar surface area (TPSA) is 48.5 Å². The van der Waals surface area contributed by atoms with Crippen molar-refractivity contribution in [1.82, 2.24) is 9.29 Å². The first-order valence-electron chi connectivity index (χ1n) is 8.31. The molecule has 0 fully saturated rings. The average molecular weight is 337 g/mol. The molecule has 128 valence electrons. The summed E-state index contributed by atoms with van der Waals surface area (Å²) in [7, 11) is 0. The predicted octanol–water partition coefficient (Wildman–Crippen LogP) is 4.06. The van der Waals surface area contributed by atoms with Crippen LogP contribution >= 0.6 is 11.9 Å². The third-order valence-corrected chi connectivity index (χ3v) is 5.01. The molecule has 0 radical (unpaired) electrons. The zero-order valence-electron chi connectivity index (χ0n) is 14.5. The summed E-state index contributed by atoms with van der Waals surface area (Å²) in [5.74, 6) is 0.814. The quantitative estimate of drug-likeness (QED) is 0.678. The van der Waals surface area contributed by atoms with Crippen molar-refractivity contribution in [2.45, 2.75) is 51.5 Å². The normalized spacial score (nSPS) is 14.6. The van der Waals surface area contributed by atoms with Crippen molar-refractivity contribution in [3.05, 3.63) is 30.5 Å². The van der Waals surface area contributed by atoms with E-state index in [2.05, 4.69) is 37.0 Å². The Morgan fingerprint density at radius 2 is 2.04 bits per heavy atom. The van der Waals surface area contributed by atoms with Crippen LogP contribution in [-0.2, 0) is 0 Å². The molecule has 0 aliphatic heterocycles. The number of aromatic nitrogens is 1. The summed E-state index contributed by atoms with van der Waals surface area (Å²) in [4.78, 5) is 3.17. The molecule has 2 aromatic rings. The zero-order chi connectivity index (χ0) is 16.8. The first kappa shape index (κ1) is 18.2. The summed E-state index contributed by atoms with van der Waals surface area (Å²) in [5.41, 5.74) is 1.05. The van der Waals surface area contributed by atoms with Crippen molar-refractivity contribution in [2.75, 3.05) is 13.2 Å². The number of aliphatic hydroxyl groups is 1. The summed E-state index contributed by atoms with van der Waals surface area (Å²) in [5, 5.41) is 11.9. The van der Waals surface area contributed by atoms with Gasteiger partial charge in [-0.25, -0.2) is 4.31 Å². The van der Waals surface area contributed by atoms with Crippen molar-refractivity contribution >= 4 is 22.9 Å². The Balaban J connectivity index is 1.93. The minimum Gasteiger partial charge on any atom is -0.490 e. The molecule has 0 aliphatic carbocycles. The molecule has 2 rings (SSSR count). The van der Waals surface area contributed by atoms with Gasteiger partial charge in [-0.3, -0.25) is 0 Å². The number of nitrogens with zero attached hydrogens (tertiary/aromatic N) is 1. The number of ether oxygens (including phenoxy) is 1. The minimum atomic E-state index is -0.510. The number of hydrogen-bond acceptors (Lipinski definition) is 4. The lowest BCUT2D eigenvalue weighted by Crippen LogP contribution is -2.37. The molecule has 2 atom stereocenters. The van der Waals surface area contributed by atoms with Crippen LogP contribution in [0.3, 0.4) is 0 Å². The number of nitrogens with one attached hydrogen (secondary N) is 1. The molecule has 1 heterocycles. The van der Waals surface area contributed by atoms with Crippen molar-refractivity contribution in [3.63, 3.8) is 0 Å². The standard InChI is InChI=1S/C18H28N2O2S/c1-5-14(4)20(23-13(2)3)11-15(21)12-22-18-8-6-7-17-16(18)9-10-19-17/h6-10,13-15,19,21H,5,11-12H2,1-4H3. The number of rotatable bonds is 9. The maximum atomic E-state index is 10.4. The van der Waals surface area contributed by atoms with Gasteiger partial charge in [0.25, 0.3) is 0 Å². The summed E-state index contributed by atoms with van der Waals surface area (Å²) in [6.07, 6.45) is 2.46. The van der Waals surface area contributed by atoms with Gasteiger partial charge < -0.3 is 14.8 Å². The number of hydrogen-bond donors (Lipinski definition) is 2. The maximum absolute atomic E-state index is 10.4. The highest BCUT2D eigenvalue weighted by molar-refractivity contribution is 7.97. The number of benzene rings is 1. The summed E-state index contributed by atoms with van der Waals surface area (Å²) in [6.45, 7) is 9.64. The fourth-order valence-corrected chi connectivity index (χ4v) is 3.59. The third-order valence-electron chi connectivity index (χ3n) is 3.81. The van der Waals surface area contributed by atoms with E-state index in [4.69, 9.17) is 4.74 Å². The first-order chi connectivity index (χ1) is 11.0. The third kappa shape index (κ3) is 5.16. The molecule has 23 heavy (non-hydrogen) atoms. The Kier molecular flexibility index (Phi) is 6.81. The van der Waals surface area contributed by atoms with Crippen LogP contribution in [0.5, 0.6) is 5.75 Å². The Labute approximate surface area is 143 Å². The van der Waals surface area contributed by atoms with E-state index in [9.17, 15) is 5.11 Å². The fraction of sp³-hybridized carbons (Fsp3) is 0.556. The number of aliphatic hydroxyl groups excluding tert-OH is 1. The molecule has 1 aromatic carbocycles. The maximum Gasteiger partial charge on any atom is 0.128 e. The molecule has 0 bridgehead atoms. The Hall–Kier alpha value is -1.17. The average Bonchev–Trinajstić information content (AvgIpc) is 3.00. The molecule has 1 aromatic heterocycles. The number of H-pyrrole nitrogens is 1. The van der Waals surface area contributed by atoms with E-state index in [-0.39, 0.29) is 0 Å². The summed E-state index contributed by atoms with van der Waals surface area (Å²) < 4.78 is 8.13. The van der Waals surface area contributed by atoms with Gasteiger partial charge in [0.1, 0.15) is 18.5 Å². The summed E-state index contributed by atoms with van der Waals surface area (Å²) >= 11 is 1.80. The summed E-state index contributed by atoms with van der Waals surface area (Å²) in [6, 6.07) is 8.35. The highest BCUT2D eigenvalue weighted by Crippen LogP contribution is 2.25. The smallest absolute Gasteiger partial charge is 0.128 e. The van der Waals surface area contributed by atoms with Gasteiger partial charge in [0.15, 0.2) is 0 Å². The van der Waals surface area contributed by atoms with Gasteiger partial charge in [0.2, 0.25) is 0 Å². The first-order valence-corrected chi connectivity index (χ1v) is 9.15. The molecule has 2 N–H and O–H groups in total. The van der Waals surface area contributed by atoms with Crippen molar-refractivity contribution < 1.29 is 9.84 Å². The second-order valence-corrected chi connectivity index (χ2v) is 7.79. The lowest BCUT2D eigenvalue weighted by Gasteiger charge is -2.30. The minimum absolute atomic E-state index is 0.301. The van der Waals surface area contributed by atoms with Gasteiger partial charge in [0.05, 0.1) is 0 Å². The molecule has 0 saturated carbocycles. The number of aromatic amines is 1. The second kappa shape index (κ2) is 8.62. The van der Waals surface area contributed by atoms with Crippen LogP contribution in [-0.4, -0.2) is 44.9 Å². The van der Waals surface area contributed by atoms with Crippen molar-refractivity contribution in [2.24, 2.45) is 0 Å². The Morgan fingerprint density at radius 3 is 2.74 bits per heavy atom. The van der Waals surface area contributed by atoms with Gasteiger partial charge in [-0.2, -0.15) is 0 Å². The van der Waals surface area contributed by atoms with Crippen molar-refractivity contribution in [1.29, 1.82) is 0 Å². The van der Waals surface area contributed by atoms with Gasteiger partial charge in [0, 0.05) is 34.9 Å². The number of fused-ring (bicyclic) bond motifs is 1. The highest BCUT2D eigenvalue weighted by Gasteiger charge is 2.19. The van der Waals surface area contributed by atoms with E-state index in [1.54, 1.807) is 11.9 Å². The Morgan fingerprint density at radius 1 is 1.26 bits per heavy atom. The monoisotopic (exact) mass is 336 g/mol. The molecule has 0 aliphatic rings. The van der Waals surface area contributed by atoms with Crippen LogP contribution in [0, 0.1) is 0 Å². The largest absolute Gasteiger partial charge is 0.490 e. The molecule has 5 heteroatoms. The van der Waals surface area contributed by atoms with E-state index in [0.29, 0.717) is 24.4 Å². The molecule has 0 saturated heterocycles. The van der Waals surface area contributed by atoms with E-state index in [1.165, 1.54) is 0 Å². The van der Waals surface area contributed by atoms with Gasteiger partial charge in [-0.15, -0.1) is 0 Å². The van der Waals surface area contributed by atoms with Crippen molar-refractivity contribution in [3.8, 4) is 5.75 Å². The molecule has 0 amide bonds. The van der Waals surface area contributed by atoms with Crippen LogP contribution in [0.15, 0.2) is 30.5 Å². The zero-order valence-corrected chi connectivity index (χ0v) is 15.3. The van der Waals surface area contributed by atoms with Crippen LogP contribution < -0.4 is 4.74 Å². The van der Waals surface area contributed by atoms with E-state index in [1.807, 2.05) is 30.5 Å². The lowest BCUT2D eigenvalue weighted by atomic mass is 10.2. The van der Waals surface area contributed by atoms with Gasteiger partial charge >= 0.3 is 0 Å². The van der Waals surface area contributed by atoms with Crippen LogP contribution in [0.25, 0.3) is 10.9 Å². The van der Waals surface area contributed by atoms with Gasteiger partial charge in [-0.1, -0.05) is 38.8 Å². The van der Waals surface area contributed by atoms with E-state index in [0.717, 1.165) is 23.1 Å². The Bertz CT molecular complexity index is 599. The van der Waals surface area contributed by atoms with Crippen LogP contribution in [0.1, 0.15) is 34.1 Å².